The molecule has 1 atom stereocenters. The van der Waals surface area contributed by atoms with E-state index >= 15 is 0 Å². The molecule has 0 unspecified atom stereocenters. The van der Waals surface area contributed by atoms with E-state index in [-0.39, 0.29) is 11.9 Å². The molecule has 0 radical (unpaired) electrons. The molecule has 164 valence electrons. The van der Waals surface area contributed by atoms with Gasteiger partial charge in [0.05, 0.1) is 30.6 Å². The Morgan fingerprint density at radius 1 is 1.19 bits per heavy atom. The van der Waals surface area contributed by atoms with E-state index in [1.54, 1.807) is 23.1 Å². The first kappa shape index (κ1) is 21.2. The van der Waals surface area contributed by atoms with Crippen LogP contribution in [-0.2, 0) is 7.05 Å². The van der Waals surface area contributed by atoms with E-state index < -0.39 is 0 Å². The Morgan fingerprint density at radius 3 is 2.81 bits per heavy atom. The fourth-order valence-corrected chi connectivity index (χ4v) is 3.35. The van der Waals surface area contributed by atoms with E-state index in [1.165, 1.54) is 6.20 Å². The first-order chi connectivity index (χ1) is 15.4. The minimum Gasteiger partial charge on any atom is -0.478 e. The molecule has 0 saturated heterocycles. The SMILES string of the molecule is CCOc1ncc(C(=O)Nc2cccc([C@H](C)Nc3cnc4cnn(C)c4n3)c2)cc1C. The van der Waals surface area contributed by atoms with Gasteiger partial charge < -0.3 is 15.4 Å². The third-order valence-electron chi connectivity index (χ3n) is 5.02. The van der Waals surface area contributed by atoms with Crippen LogP contribution in [0.4, 0.5) is 11.5 Å². The number of fused-ring (bicyclic) bond motifs is 1. The number of amides is 1. The Hall–Kier alpha value is -4.01. The highest BCUT2D eigenvalue weighted by atomic mass is 16.5. The predicted molar refractivity (Wildman–Crippen MR) is 123 cm³/mol. The van der Waals surface area contributed by atoms with Gasteiger partial charge in [0.2, 0.25) is 5.88 Å². The summed E-state index contributed by atoms with van der Waals surface area (Å²) >= 11 is 0. The van der Waals surface area contributed by atoms with Crippen molar-refractivity contribution in [3.63, 3.8) is 0 Å². The summed E-state index contributed by atoms with van der Waals surface area (Å²) in [7, 11) is 1.83. The van der Waals surface area contributed by atoms with Crippen LogP contribution in [0.5, 0.6) is 5.88 Å². The van der Waals surface area contributed by atoms with Crippen LogP contribution < -0.4 is 15.4 Å². The van der Waals surface area contributed by atoms with Gasteiger partial charge in [-0.2, -0.15) is 5.10 Å². The standard InChI is InChI=1S/C23H25N7O2/c1-5-32-23-14(2)9-17(11-25-23)22(31)28-18-8-6-7-16(10-18)15(3)27-20-13-24-19-12-26-30(4)21(19)29-20/h6-13,15H,5H2,1-4H3,(H,27,29)(H,28,31)/t15-/m0/s1. The quantitative estimate of drug-likeness (QED) is 0.457. The zero-order chi connectivity index (χ0) is 22.7. The van der Waals surface area contributed by atoms with Crippen molar-refractivity contribution in [2.45, 2.75) is 26.8 Å². The highest BCUT2D eigenvalue weighted by Gasteiger charge is 2.13. The van der Waals surface area contributed by atoms with Crippen LogP contribution in [0.3, 0.4) is 0 Å². The van der Waals surface area contributed by atoms with Gasteiger partial charge in [0.25, 0.3) is 5.91 Å². The summed E-state index contributed by atoms with van der Waals surface area (Å²) in [6, 6.07) is 9.40. The van der Waals surface area contributed by atoms with Gasteiger partial charge >= 0.3 is 0 Å². The van der Waals surface area contributed by atoms with Crippen LogP contribution in [0, 0.1) is 6.92 Å². The summed E-state index contributed by atoms with van der Waals surface area (Å²) in [5.74, 6) is 0.964. The zero-order valence-electron chi connectivity index (χ0n) is 18.5. The van der Waals surface area contributed by atoms with Crippen molar-refractivity contribution >= 4 is 28.6 Å². The first-order valence-corrected chi connectivity index (χ1v) is 10.4. The van der Waals surface area contributed by atoms with Crippen molar-refractivity contribution in [1.29, 1.82) is 0 Å². The Kier molecular flexibility index (Phi) is 5.98. The molecule has 32 heavy (non-hydrogen) atoms. The molecule has 3 aromatic heterocycles. The summed E-state index contributed by atoms with van der Waals surface area (Å²) in [4.78, 5) is 25.9. The second-order valence-electron chi connectivity index (χ2n) is 7.46. The van der Waals surface area contributed by atoms with E-state index in [0.717, 1.165) is 16.6 Å². The zero-order valence-corrected chi connectivity index (χ0v) is 18.5. The largest absolute Gasteiger partial charge is 0.478 e. The van der Waals surface area contributed by atoms with Crippen molar-refractivity contribution in [2.24, 2.45) is 7.05 Å². The number of nitrogens with zero attached hydrogens (tertiary/aromatic N) is 5. The normalized spacial score (nSPS) is 11.9. The lowest BCUT2D eigenvalue weighted by Crippen LogP contribution is -2.14. The topological polar surface area (TPSA) is 107 Å². The number of ether oxygens (including phenoxy) is 1. The molecule has 0 bridgehead atoms. The number of nitrogens with one attached hydrogen (secondary N) is 2. The molecule has 2 N–H and O–H groups in total. The lowest BCUT2D eigenvalue weighted by molar-refractivity contribution is 0.102. The molecule has 0 saturated carbocycles. The summed E-state index contributed by atoms with van der Waals surface area (Å²) in [6.45, 7) is 6.32. The predicted octanol–water partition coefficient (Wildman–Crippen LogP) is 3.89. The molecule has 0 spiro atoms. The van der Waals surface area contributed by atoms with Crippen molar-refractivity contribution in [1.82, 2.24) is 24.7 Å². The van der Waals surface area contributed by atoms with Crippen molar-refractivity contribution in [3.8, 4) is 5.88 Å². The highest BCUT2D eigenvalue weighted by Crippen LogP contribution is 2.23. The van der Waals surface area contributed by atoms with E-state index in [0.29, 0.717) is 35.2 Å². The fourth-order valence-electron chi connectivity index (χ4n) is 3.35. The smallest absolute Gasteiger partial charge is 0.257 e. The van der Waals surface area contributed by atoms with Crippen molar-refractivity contribution in [3.05, 3.63) is 65.6 Å². The summed E-state index contributed by atoms with van der Waals surface area (Å²) < 4.78 is 7.13. The van der Waals surface area contributed by atoms with Crippen LogP contribution in [0.15, 0.2) is 48.9 Å². The number of hydrogen-bond donors (Lipinski definition) is 2. The lowest BCUT2D eigenvalue weighted by Gasteiger charge is -2.16. The molecular weight excluding hydrogens is 406 g/mol. The maximum atomic E-state index is 12.7. The van der Waals surface area contributed by atoms with Crippen molar-refractivity contribution < 1.29 is 9.53 Å². The average Bonchev–Trinajstić information content (AvgIpc) is 3.15. The maximum absolute atomic E-state index is 12.7. The average molecular weight is 432 g/mol. The molecule has 1 amide bonds. The van der Waals surface area contributed by atoms with Gasteiger partial charge in [0, 0.05) is 24.5 Å². The number of anilines is 2. The van der Waals surface area contributed by atoms with E-state index in [4.69, 9.17) is 4.74 Å². The molecule has 4 aromatic rings. The molecule has 0 aliphatic heterocycles. The number of pyridine rings is 1. The summed E-state index contributed by atoms with van der Waals surface area (Å²) in [6.07, 6.45) is 4.89. The van der Waals surface area contributed by atoms with Gasteiger partial charge in [0.1, 0.15) is 11.3 Å². The van der Waals surface area contributed by atoms with Gasteiger partial charge in [-0.05, 0) is 44.5 Å². The summed E-state index contributed by atoms with van der Waals surface area (Å²) in [5, 5.41) is 10.5. The fraction of sp³-hybridized carbons (Fsp3) is 0.261. The van der Waals surface area contributed by atoms with Crippen LogP contribution in [0.1, 0.15) is 41.4 Å². The van der Waals surface area contributed by atoms with Gasteiger partial charge in [-0.1, -0.05) is 12.1 Å². The molecule has 0 aliphatic rings. The molecule has 0 aliphatic carbocycles. The number of rotatable bonds is 7. The minimum atomic E-state index is -0.228. The third-order valence-corrected chi connectivity index (χ3v) is 5.02. The second-order valence-corrected chi connectivity index (χ2v) is 7.46. The van der Waals surface area contributed by atoms with E-state index in [9.17, 15) is 4.79 Å². The number of hydrogen-bond acceptors (Lipinski definition) is 7. The molecule has 9 heteroatoms. The molecule has 4 rings (SSSR count). The molecular formula is C23H25N7O2. The second kappa shape index (κ2) is 9.01. The van der Waals surface area contributed by atoms with Gasteiger partial charge in [0.15, 0.2) is 5.65 Å². The van der Waals surface area contributed by atoms with Crippen molar-refractivity contribution in [2.75, 3.05) is 17.2 Å². The van der Waals surface area contributed by atoms with Gasteiger partial charge in [-0.3, -0.25) is 4.79 Å². The maximum Gasteiger partial charge on any atom is 0.257 e. The monoisotopic (exact) mass is 431 g/mol. The minimum absolute atomic E-state index is 0.0544. The third kappa shape index (κ3) is 4.51. The lowest BCUT2D eigenvalue weighted by atomic mass is 10.1. The van der Waals surface area contributed by atoms with Crippen LogP contribution in [0.2, 0.25) is 0 Å². The Labute approximate surface area is 185 Å². The summed E-state index contributed by atoms with van der Waals surface area (Å²) in [5.41, 5.74) is 4.44. The Bertz CT molecular complexity index is 1270. The number of aryl methyl sites for hydroxylation is 2. The van der Waals surface area contributed by atoms with Crippen LogP contribution >= 0.6 is 0 Å². The van der Waals surface area contributed by atoms with Crippen LogP contribution in [0.25, 0.3) is 11.2 Å². The molecule has 1 aromatic carbocycles. The number of benzene rings is 1. The van der Waals surface area contributed by atoms with Crippen LogP contribution in [-0.4, -0.2) is 37.2 Å². The Balaban J connectivity index is 1.47. The van der Waals surface area contributed by atoms with E-state index in [2.05, 4.69) is 30.7 Å². The molecule has 3 heterocycles. The number of carbonyl (C=O) groups excluding carboxylic acids is 1. The van der Waals surface area contributed by atoms with E-state index in [1.807, 2.05) is 52.1 Å². The van der Waals surface area contributed by atoms with Gasteiger partial charge in [-0.25, -0.2) is 19.6 Å². The Morgan fingerprint density at radius 2 is 2.03 bits per heavy atom. The molecule has 9 nitrogen and oxygen atoms in total. The highest BCUT2D eigenvalue weighted by molar-refractivity contribution is 6.04. The number of aromatic nitrogens is 5. The number of carbonyl (C=O) groups is 1. The molecule has 0 fully saturated rings. The van der Waals surface area contributed by atoms with Gasteiger partial charge in [-0.15, -0.1) is 0 Å². The first-order valence-electron chi connectivity index (χ1n) is 10.4.